The molecule has 0 unspecified atom stereocenters. The Balaban J connectivity index is 1.12. The number of hydrogen-bond donors (Lipinski definition) is 0. The third kappa shape index (κ3) is 4.33. The lowest BCUT2D eigenvalue weighted by atomic mass is 9.35. The second kappa shape index (κ2) is 10.2. The maximum atomic E-state index is 6.57. The predicted molar refractivity (Wildman–Crippen MR) is 183 cm³/mol. The summed E-state index contributed by atoms with van der Waals surface area (Å²) < 4.78 is 13.1. The second-order valence-corrected chi connectivity index (χ2v) is 13.2. The van der Waals surface area contributed by atoms with E-state index in [1.807, 2.05) is 29.6 Å². The molecule has 5 aromatic rings. The van der Waals surface area contributed by atoms with E-state index >= 15 is 0 Å². The monoisotopic (exact) mass is 592 g/mol. The zero-order valence-electron chi connectivity index (χ0n) is 23.2. The van der Waals surface area contributed by atoms with Gasteiger partial charge in [-0.25, -0.2) is 0 Å². The first-order chi connectivity index (χ1) is 21.3. The van der Waals surface area contributed by atoms with E-state index in [1.54, 1.807) is 0 Å². The van der Waals surface area contributed by atoms with Crippen molar-refractivity contribution in [3.05, 3.63) is 114 Å². The Kier molecular flexibility index (Phi) is 6.01. The number of rotatable bonds is 4. The van der Waals surface area contributed by atoms with Gasteiger partial charge in [0.05, 0.1) is 10.1 Å². The third-order valence-corrected chi connectivity index (χ3v) is 10.5. The Hall–Kier alpha value is -4.20. The highest BCUT2D eigenvalue weighted by molar-refractivity contribution is 8.15. The van der Waals surface area contributed by atoms with E-state index in [0.717, 1.165) is 85.2 Å². The van der Waals surface area contributed by atoms with E-state index < -0.39 is 0 Å². The topological polar surface area (TPSA) is 43.2 Å². The summed E-state index contributed by atoms with van der Waals surface area (Å²) in [6.45, 7) is 1.83. The molecule has 4 nitrogen and oxygen atoms in total. The normalized spacial score (nSPS) is 16.0. The summed E-state index contributed by atoms with van der Waals surface area (Å²) in [5, 5.41) is 2.27. The summed E-state index contributed by atoms with van der Waals surface area (Å²) in [7, 11) is 0. The molecule has 0 saturated heterocycles. The SMILES string of the molecule is c1cc(C2=NCCS2)cc(-c2ccc3c(c2)Oc2cccc4c2B3c2ccc(-c3cccc(C5=NCCS5)c3)cc2O4)c1. The average molecular weight is 593 g/mol. The first kappa shape index (κ1) is 25.3. The molecule has 206 valence electrons. The van der Waals surface area contributed by atoms with Gasteiger partial charge in [-0.3, -0.25) is 9.98 Å². The Labute approximate surface area is 259 Å². The lowest BCUT2D eigenvalue weighted by Crippen LogP contribution is -2.57. The molecule has 0 aromatic heterocycles. The molecule has 0 N–H and O–H groups in total. The van der Waals surface area contributed by atoms with Crippen molar-refractivity contribution in [2.45, 2.75) is 0 Å². The fraction of sp³-hybridized carbons (Fsp3) is 0.111. The quantitative estimate of drug-likeness (QED) is 0.213. The number of fused-ring (bicyclic) bond motifs is 4. The van der Waals surface area contributed by atoms with E-state index in [-0.39, 0.29) is 6.71 Å². The molecule has 0 spiro atoms. The number of aliphatic imine (C=N–C) groups is 2. The lowest BCUT2D eigenvalue weighted by molar-refractivity contribution is 0.464. The zero-order chi connectivity index (χ0) is 28.3. The van der Waals surface area contributed by atoms with Crippen molar-refractivity contribution in [3.63, 3.8) is 0 Å². The first-order valence-electron chi connectivity index (χ1n) is 14.6. The van der Waals surface area contributed by atoms with E-state index in [9.17, 15) is 0 Å². The van der Waals surface area contributed by atoms with Crippen LogP contribution < -0.4 is 25.9 Å². The minimum absolute atomic E-state index is 0.0351. The minimum atomic E-state index is 0.0351. The Bertz CT molecular complexity index is 1880. The van der Waals surface area contributed by atoms with E-state index in [1.165, 1.54) is 22.3 Å². The van der Waals surface area contributed by atoms with Crippen molar-refractivity contribution in [1.82, 2.24) is 0 Å². The summed E-state index contributed by atoms with van der Waals surface area (Å²) in [5.74, 6) is 5.62. The second-order valence-electron chi connectivity index (χ2n) is 11.0. The van der Waals surface area contributed by atoms with Gasteiger partial charge < -0.3 is 9.47 Å². The van der Waals surface area contributed by atoms with Gasteiger partial charge in [-0.1, -0.05) is 66.7 Å². The van der Waals surface area contributed by atoms with Crippen LogP contribution in [0.4, 0.5) is 0 Å². The van der Waals surface area contributed by atoms with Crippen LogP contribution in [0, 0.1) is 0 Å². The van der Waals surface area contributed by atoms with Gasteiger partial charge in [-0.15, -0.1) is 23.5 Å². The van der Waals surface area contributed by atoms with Gasteiger partial charge in [0, 0.05) is 41.2 Å². The summed E-state index contributed by atoms with van der Waals surface area (Å²) in [4.78, 5) is 9.36. The van der Waals surface area contributed by atoms with Crippen LogP contribution >= 0.6 is 23.5 Å². The summed E-state index contributed by atoms with van der Waals surface area (Å²) in [6.07, 6.45) is 0. The summed E-state index contributed by atoms with van der Waals surface area (Å²) >= 11 is 3.66. The van der Waals surface area contributed by atoms with Gasteiger partial charge in [0.25, 0.3) is 6.71 Å². The summed E-state index contributed by atoms with van der Waals surface area (Å²) in [5.41, 5.74) is 10.4. The Morgan fingerprint density at radius 1 is 0.488 bits per heavy atom. The van der Waals surface area contributed by atoms with Crippen molar-refractivity contribution in [3.8, 4) is 45.3 Å². The highest BCUT2D eigenvalue weighted by Crippen LogP contribution is 2.37. The van der Waals surface area contributed by atoms with Crippen LogP contribution in [-0.4, -0.2) is 41.4 Å². The van der Waals surface area contributed by atoms with Crippen LogP contribution in [0.1, 0.15) is 11.1 Å². The maximum Gasteiger partial charge on any atom is 0.260 e. The minimum Gasteiger partial charge on any atom is -0.458 e. The molecule has 5 aromatic carbocycles. The molecule has 4 heterocycles. The molecule has 4 aliphatic rings. The third-order valence-electron chi connectivity index (χ3n) is 8.46. The molecule has 0 fully saturated rings. The Morgan fingerprint density at radius 2 is 0.953 bits per heavy atom. The lowest BCUT2D eigenvalue weighted by Gasteiger charge is -2.33. The predicted octanol–water partition coefficient (Wildman–Crippen LogP) is 6.74. The summed E-state index contributed by atoms with van der Waals surface area (Å²) in [6, 6.07) is 36.8. The van der Waals surface area contributed by atoms with Crippen molar-refractivity contribution >= 4 is 56.7 Å². The molecule has 0 bridgehead atoms. The van der Waals surface area contributed by atoms with Crippen LogP contribution in [0.15, 0.2) is 113 Å². The molecule has 9 rings (SSSR count). The van der Waals surface area contributed by atoms with Crippen LogP contribution in [0.25, 0.3) is 22.3 Å². The van der Waals surface area contributed by atoms with Crippen molar-refractivity contribution < 1.29 is 9.47 Å². The molecule has 0 aliphatic carbocycles. The molecule has 7 heteroatoms. The van der Waals surface area contributed by atoms with Crippen molar-refractivity contribution in [1.29, 1.82) is 0 Å². The van der Waals surface area contributed by atoms with E-state index in [4.69, 9.17) is 9.47 Å². The number of benzene rings is 5. The molecule has 43 heavy (non-hydrogen) atoms. The Morgan fingerprint density at radius 3 is 1.44 bits per heavy atom. The van der Waals surface area contributed by atoms with Crippen LogP contribution in [0.3, 0.4) is 0 Å². The van der Waals surface area contributed by atoms with E-state index in [0.29, 0.717) is 0 Å². The van der Waals surface area contributed by atoms with Gasteiger partial charge in [-0.2, -0.15) is 0 Å². The van der Waals surface area contributed by atoms with Crippen LogP contribution in [-0.2, 0) is 0 Å². The average Bonchev–Trinajstić information content (AvgIpc) is 3.80. The number of thioether (sulfide) groups is 2. The van der Waals surface area contributed by atoms with Crippen LogP contribution in [0.5, 0.6) is 23.0 Å². The fourth-order valence-electron chi connectivity index (χ4n) is 6.47. The number of nitrogens with zero attached hydrogens (tertiary/aromatic N) is 2. The zero-order valence-corrected chi connectivity index (χ0v) is 24.9. The van der Waals surface area contributed by atoms with Gasteiger partial charge in [0.1, 0.15) is 23.0 Å². The van der Waals surface area contributed by atoms with E-state index in [2.05, 4.69) is 107 Å². The van der Waals surface area contributed by atoms with Gasteiger partial charge in [0.2, 0.25) is 0 Å². The molecule has 0 atom stereocenters. The molecule has 0 saturated carbocycles. The van der Waals surface area contributed by atoms with Gasteiger partial charge in [-0.05, 0) is 69.6 Å². The smallest absolute Gasteiger partial charge is 0.260 e. The molecule has 4 aliphatic heterocycles. The number of ether oxygens (including phenoxy) is 2. The van der Waals surface area contributed by atoms with Crippen molar-refractivity contribution in [2.75, 3.05) is 24.6 Å². The molecular weight excluding hydrogens is 567 g/mol. The number of hydrogen-bond acceptors (Lipinski definition) is 6. The van der Waals surface area contributed by atoms with Gasteiger partial charge >= 0.3 is 0 Å². The first-order valence-corrected chi connectivity index (χ1v) is 16.6. The van der Waals surface area contributed by atoms with Gasteiger partial charge in [0.15, 0.2) is 0 Å². The standard InChI is InChI=1S/C36H25BN2O2S2/c1-4-22(18-26(6-1)35-38-14-16-42-35)24-10-12-28-32(20-24)40-30-8-3-9-31-34(30)37(28)29-13-11-25(21-33(29)41-31)23-5-2-7-27(19-23)36-39-15-17-43-36/h1-13,18-21H,14-17H2. The molecular formula is C36H25BN2O2S2. The van der Waals surface area contributed by atoms with Crippen LogP contribution in [0.2, 0.25) is 0 Å². The highest BCUT2D eigenvalue weighted by atomic mass is 32.2. The fourth-order valence-corrected chi connectivity index (χ4v) is 8.17. The maximum absolute atomic E-state index is 6.57. The molecule has 0 amide bonds. The molecule has 0 radical (unpaired) electrons. The highest BCUT2D eigenvalue weighted by Gasteiger charge is 2.40. The van der Waals surface area contributed by atoms with Crippen molar-refractivity contribution in [2.24, 2.45) is 9.98 Å². The largest absolute Gasteiger partial charge is 0.458 e.